The van der Waals surface area contributed by atoms with Gasteiger partial charge in [-0.05, 0) is 37.0 Å². The summed E-state index contributed by atoms with van der Waals surface area (Å²) in [5.74, 6) is 1.04. The highest BCUT2D eigenvalue weighted by atomic mass is 16.7. The largest absolute Gasteiger partial charge is 0.513 e. The van der Waals surface area contributed by atoms with E-state index in [0.717, 1.165) is 6.42 Å². The lowest BCUT2D eigenvalue weighted by Crippen LogP contribution is -2.09. The van der Waals surface area contributed by atoms with Gasteiger partial charge in [-0.1, -0.05) is 26.0 Å². The van der Waals surface area contributed by atoms with E-state index in [9.17, 15) is 4.79 Å². The molecule has 0 aliphatic rings. The van der Waals surface area contributed by atoms with Crippen molar-refractivity contribution in [1.82, 2.24) is 0 Å². The summed E-state index contributed by atoms with van der Waals surface area (Å²) in [5.41, 5.74) is 1.25. The number of carbonyl (C=O) groups excluding carboxylic acids is 1. The van der Waals surface area contributed by atoms with Gasteiger partial charge in [-0.2, -0.15) is 0 Å². The van der Waals surface area contributed by atoms with Crippen LogP contribution >= 0.6 is 0 Å². The normalized spacial score (nSPS) is 11.9. The number of benzene rings is 1. The van der Waals surface area contributed by atoms with Gasteiger partial charge in [-0.15, -0.1) is 0 Å². The molecule has 0 bridgehead atoms. The van der Waals surface area contributed by atoms with E-state index >= 15 is 0 Å². The van der Waals surface area contributed by atoms with Crippen molar-refractivity contribution in [3.8, 4) is 5.75 Å². The van der Waals surface area contributed by atoms with Gasteiger partial charge in [0.1, 0.15) is 5.75 Å². The van der Waals surface area contributed by atoms with Crippen LogP contribution in [0.4, 0.5) is 4.79 Å². The minimum absolute atomic E-state index is 0.323. The first kappa shape index (κ1) is 12.6. The van der Waals surface area contributed by atoms with Gasteiger partial charge in [0.2, 0.25) is 0 Å². The average Bonchev–Trinajstić information content (AvgIpc) is 2.29. The zero-order valence-corrected chi connectivity index (χ0v) is 10.0. The number of hydrogen-bond donors (Lipinski definition) is 0. The van der Waals surface area contributed by atoms with Crippen molar-refractivity contribution in [3.63, 3.8) is 0 Å². The lowest BCUT2D eigenvalue weighted by atomic mass is 9.99. The van der Waals surface area contributed by atoms with E-state index in [-0.39, 0.29) is 0 Å². The van der Waals surface area contributed by atoms with E-state index in [1.54, 1.807) is 19.1 Å². The molecule has 0 heterocycles. The van der Waals surface area contributed by atoms with Crippen molar-refractivity contribution in [1.29, 1.82) is 0 Å². The second-order valence-electron chi connectivity index (χ2n) is 3.66. The van der Waals surface area contributed by atoms with Crippen LogP contribution < -0.4 is 4.74 Å². The Kier molecular flexibility index (Phi) is 4.83. The molecule has 0 saturated carbocycles. The first-order valence-electron chi connectivity index (χ1n) is 5.62. The van der Waals surface area contributed by atoms with Crippen LogP contribution in [0, 0.1) is 0 Å². The second-order valence-corrected chi connectivity index (χ2v) is 3.66. The molecule has 1 unspecified atom stereocenters. The third kappa shape index (κ3) is 3.57. The fourth-order valence-electron chi connectivity index (χ4n) is 1.34. The zero-order chi connectivity index (χ0) is 12.0. The van der Waals surface area contributed by atoms with E-state index in [0.29, 0.717) is 18.3 Å². The molecule has 0 saturated heterocycles. The first-order chi connectivity index (χ1) is 7.67. The van der Waals surface area contributed by atoms with Gasteiger partial charge in [-0.3, -0.25) is 0 Å². The maximum absolute atomic E-state index is 11.0. The zero-order valence-electron chi connectivity index (χ0n) is 10.0. The van der Waals surface area contributed by atoms with Crippen LogP contribution in [-0.2, 0) is 4.74 Å². The molecule has 0 radical (unpaired) electrons. The van der Waals surface area contributed by atoms with Crippen LogP contribution in [0.1, 0.15) is 38.7 Å². The van der Waals surface area contributed by atoms with Crippen LogP contribution in [0.3, 0.4) is 0 Å². The number of hydrogen-bond acceptors (Lipinski definition) is 3. The van der Waals surface area contributed by atoms with E-state index in [1.807, 2.05) is 12.1 Å². The Morgan fingerprint density at radius 2 is 1.88 bits per heavy atom. The maximum atomic E-state index is 11.0. The minimum Gasteiger partial charge on any atom is -0.434 e. The van der Waals surface area contributed by atoms with Gasteiger partial charge in [0.25, 0.3) is 0 Å². The average molecular weight is 222 g/mol. The Labute approximate surface area is 96.4 Å². The van der Waals surface area contributed by atoms with E-state index in [1.165, 1.54) is 5.56 Å². The molecule has 3 heteroatoms. The van der Waals surface area contributed by atoms with Gasteiger partial charge in [-0.25, -0.2) is 4.79 Å². The summed E-state index contributed by atoms with van der Waals surface area (Å²) >= 11 is 0. The maximum Gasteiger partial charge on any atom is 0.513 e. The van der Waals surface area contributed by atoms with Gasteiger partial charge in [0.15, 0.2) is 0 Å². The van der Waals surface area contributed by atoms with Crippen LogP contribution in [0.2, 0.25) is 0 Å². The van der Waals surface area contributed by atoms with Crippen molar-refractivity contribution in [3.05, 3.63) is 29.8 Å². The lowest BCUT2D eigenvalue weighted by molar-refractivity contribution is 0.104. The van der Waals surface area contributed by atoms with Crippen LogP contribution in [-0.4, -0.2) is 12.8 Å². The molecule has 0 aromatic heterocycles. The fraction of sp³-hybridized carbons (Fsp3) is 0.462. The summed E-state index contributed by atoms with van der Waals surface area (Å²) in [6.07, 6.45) is 0.441. The Balaban J connectivity index is 2.61. The first-order valence-corrected chi connectivity index (χ1v) is 5.62. The summed E-state index contributed by atoms with van der Waals surface area (Å²) in [6.45, 7) is 6.38. The molecule has 0 aliphatic heterocycles. The number of rotatable bonds is 4. The molecule has 0 amide bonds. The predicted octanol–water partition coefficient (Wildman–Crippen LogP) is 3.74. The number of ether oxygens (including phenoxy) is 2. The second kappa shape index (κ2) is 6.16. The van der Waals surface area contributed by atoms with Crippen LogP contribution in [0.15, 0.2) is 24.3 Å². The highest BCUT2D eigenvalue weighted by Gasteiger charge is 2.06. The SMILES string of the molecule is CCOC(=O)Oc1ccc(C(C)CC)cc1. The third-order valence-corrected chi connectivity index (χ3v) is 2.52. The molecule has 0 N–H and O–H groups in total. The summed E-state index contributed by atoms with van der Waals surface area (Å²) < 4.78 is 9.65. The molecule has 1 rings (SSSR count). The molecule has 0 spiro atoms. The molecular formula is C13H18O3. The minimum atomic E-state index is -0.654. The van der Waals surface area contributed by atoms with E-state index in [2.05, 4.69) is 18.6 Å². The monoisotopic (exact) mass is 222 g/mol. The van der Waals surface area contributed by atoms with Crippen molar-refractivity contribution < 1.29 is 14.3 Å². The van der Waals surface area contributed by atoms with Gasteiger partial charge >= 0.3 is 6.16 Å². The van der Waals surface area contributed by atoms with E-state index in [4.69, 9.17) is 4.74 Å². The molecule has 1 aromatic carbocycles. The standard InChI is InChI=1S/C13H18O3/c1-4-10(3)11-6-8-12(9-7-11)16-13(14)15-5-2/h6-10H,4-5H2,1-3H3. The lowest BCUT2D eigenvalue weighted by Gasteiger charge is -2.09. The summed E-state index contributed by atoms with van der Waals surface area (Å²) in [7, 11) is 0. The summed E-state index contributed by atoms with van der Waals surface area (Å²) in [6, 6.07) is 7.53. The van der Waals surface area contributed by atoms with Crippen molar-refractivity contribution in [2.45, 2.75) is 33.1 Å². The van der Waals surface area contributed by atoms with Crippen molar-refractivity contribution in [2.24, 2.45) is 0 Å². The van der Waals surface area contributed by atoms with Gasteiger partial charge in [0, 0.05) is 0 Å². The Morgan fingerprint density at radius 1 is 1.25 bits per heavy atom. The van der Waals surface area contributed by atoms with Crippen molar-refractivity contribution in [2.75, 3.05) is 6.61 Å². The van der Waals surface area contributed by atoms with Crippen LogP contribution in [0.25, 0.3) is 0 Å². The predicted molar refractivity (Wildman–Crippen MR) is 62.8 cm³/mol. The fourth-order valence-corrected chi connectivity index (χ4v) is 1.34. The topological polar surface area (TPSA) is 35.5 Å². The molecular weight excluding hydrogens is 204 g/mol. The molecule has 16 heavy (non-hydrogen) atoms. The Hall–Kier alpha value is -1.51. The number of carbonyl (C=O) groups is 1. The summed E-state index contributed by atoms with van der Waals surface area (Å²) in [4.78, 5) is 11.0. The highest BCUT2D eigenvalue weighted by molar-refractivity contribution is 5.63. The third-order valence-electron chi connectivity index (χ3n) is 2.52. The quantitative estimate of drug-likeness (QED) is 0.575. The van der Waals surface area contributed by atoms with E-state index < -0.39 is 6.16 Å². The Morgan fingerprint density at radius 3 is 2.38 bits per heavy atom. The molecule has 0 aliphatic carbocycles. The van der Waals surface area contributed by atoms with Gasteiger partial charge in [0.05, 0.1) is 6.61 Å². The van der Waals surface area contributed by atoms with Crippen molar-refractivity contribution >= 4 is 6.16 Å². The smallest absolute Gasteiger partial charge is 0.434 e. The molecule has 3 nitrogen and oxygen atoms in total. The highest BCUT2D eigenvalue weighted by Crippen LogP contribution is 2.21. The van der Waals surface area contributed by atoms with Crippen LogP contribution in [0.5, 0.6) is 5.75 Å². The Bertz CT molecular complexity index is 330. The molecule has 0 fully saturated rings. The molecule has 88 valence electrons. The molecule has 1 aromatic rings. The van der Waals surface area contributed by atoms with Gasteiger partial charge < -0.3 is 9.47 Å². The molecule has 1 atom stereocenters. The summed E-state index contributed by atoms with van der Waals surface area (Å²) in [5, 5.41) is 0.